The van der Waals surface area contributed by atoms with Crippen LogP contribution >= 0.6 is 0 Å². The molecule has 190 valence electrons. The van der Waals surface area contributed by atoms with Crippen LogP contribution in [0.25, 0.3) is 0 Å². The minimum Gasteiger partial charge on any atom is -0.439 e. The van der Waals surface area contributed by atoms with Crippen LogP contribution in [-0.4, -0.2) is 33.3 Å². The molecular weight excluding hydrogens is 475 g/mol. The van der Waals surface area contributed by atoms with Gasteiger partial charge in [-0.1, -0.05) is 6.07 Å². The predicted octanol–water partition coefficient (Wildman–Crippen LogP) is 5.96. The Balaban J connectivity index is 1.32. The maximum atomic E-state index is 13.1. The number of hydrogen-bond donors (Lipinski definition) is 4. The van der Waals surface area contributed by atoms with Crippen LogP contribution in [0.15, 0.2) is 54.9 Å². The van der Waals surface area contributed by atoms with Crippen LogP contribution in [0.5, 0.6) is 11.6 Å². The van der Waals surface area contributed by atoms with E-state index in [1.165, 1.54) is 25.4 Å². The second-order valence-electron chi connectivity index (χ2n) is 8.62. The molecule has 3 aromatic rings. The molecule has 8 nitrogen and oxygen atoms in total. The highest BCUT2D eigenvalue weighted by Crippen LogP contribution is 2.33. The zero-order chi connectivity index (χ0) is 25.7. The lowest BCUT2D eigenvalue weighted by molar-refractivity contribution is -0.138. The monoisotopic (exact) mass is 501 g/mol. The molecule has 1 saturated carbocycles. The average Bonchev–Trinajstić information content (AvgIpc) is 2.83. The van der Waals surface area contributed by atoms with E-state index in [9.17, 15) is 23.1 Å². The van der Waals surface area contributed by atoms with E-state index in [0.717, 1.165) is 31.7 Å². The molecule has 0 aliphatic heterocycles. The van der Waals surface area contributed by atoms with Crippen LogP contribution < -0.4 is 20.7 Å². The van der Waals surface area contributed by atoms with E-state index in [4.69, 9.17) is 4.74 Å². The molecular formula is C25H26F3N5O3. The molecule has 0 saturated heterocycles. The highest BCUT2D eigenvalue weighted by molar-refractivity contribution is 5.99. The second kappa shape index (κ2) is 10.8. The smallest absolute Gasteiger partial charge is 0.416 e. The van der Waals surface area contributed by atoms with Gasteiger partial charge in [-0.3, -0.25) is 0 Å². The lowest BCUT2D eigenvalue weighted by Crippen LogP contribution is -2.28. The molecule has 2 amide bonds. The number of aryl methyl sites for hydroxylation is 1. The Kier molecular flexibility index (Phi) is 7.58. The number of nitrogens with one attached hydrogen (secondary N) is 3. The van der Waals surface area contributed by atoms with Crippen molar-refractivity contribution in [2.75, 3.05) is 16.0 Å². The number of hydrogen-bond acceptors (Lipinski definition) is 6. The van der Waals surface area contributed by atoms with Crippen LogP contribution in [0.2, 0.25) is 0 Å². The topological polar surface area (TPSA) is 108 Å². The first-order chi connectivity index (χ1) is 17.2. The van der Waals surface area contributed by atoms with Crippen molar-refractivity contribution in [2.24, 2.45) is 0 Å². The molecule has 1 aromatic heterocycles. The van der Waals surface area contributed by atoms with E-state index >= 15 is 0 Å². The van der Waals surface area contributed by atoms with Gasteiger partial charge in [-0.15, -0.1) is 0 Å². The average molecular weight is 502 g/mol. The largest absolute Gasteiger partial charge is 0.439 e. The van der Waals surface area contributed by atoms with Gasteiger partial charge >= 0.3 is 12.2 Å². The molecule has 36 heavy (non-hydrogen) atoms. The van der Waals surface area contributed by atoms with Gasteiger partial charge in [0.1, 0.15) is 17.9 Å². The normalized spacial score (nSPS) is 17.8. The van der Waals surface area contributed by atoms with Crippen LogP contribution in [0, 0.1) is 6.92 Å². The van der Waals surface area contributed by atoms with Gasteiger partial charge < -0.3 is 25.8 Å². The summed E-state index contributed by atoms with van der Waals surface area (Å²) >= 11 is 0. The molecule has 4 rings (SSSR count). The summed E-state index contributed by atoms with van der Waals surface area (Å²) in [6, 6.07) is 11.3. The standard InChI is InChI=1S/C25H26F3N5O3/c1-15-2-3-18(12-21(15)25(26,27)28)33-24(35)32-17-6-10-20(11-7-17)36-23-13-22(29-14-30-23)31-16-4-8-19(34)9-5-16/h2-3,6-7,10-14,16,19,34H,4-5,8-9H2,1H3,(H,29,30,31)(H2,32,33,35). The summed E-state index contributed by atoms with van der Waals surface area (Å²) in [7, 11) is 0. The number of rotatable bonds is 6. The first-order valence-corrected chi connectivity index (χ1v) is 11.5. The third-order valence-corrected chi connectivity index (χ3v) is 5.83. The Morgan fingerprint density at radius 1 is 0.972 bits per heavy atom. The number of aliphatic hydroxyl groups excluding tert-OH is 1. The number of alkyl halides is 3. The first-order valence-electron chi connectivity index (χ1n) is 11.5. The summed E-state index contributed by atoms with van der Waals surface area (Å²) < 4.78 is 45.0. The maximum Gasteiger partial charge on any atom is 0.416 e. The van der Waals surface area contributed by atoms with Crippen LogP contribution in [0.4, 0.5) is 35.2 Å². The Labute approximate surface area is 205 Å². The maximum absolute atomic E-state index is 13.1. The molecule has 0 spiro atoms. The third kappa shape index (κ3) is 6.85. The number of benzene rings is 2. The van der Waals surface area contributed by atoms with Crippen LogP contribution in [0.1, 0.15) is 36.8 Å². The Morgan fingerprint density at radius 3 is 2.33 bits per heavy atom. The predicted molar refractivity (Wildman–Crippen MR) is 129 cm³/mol. The minimum atomic E-state index is -4.51. The third-order valence-electron chi connectivity index (χ3n) is 5.83. The van der Waals surface area contributed by atoms with E-state index in [1.54, 1.807) is 30.3 Å². The number of ether oxygens (including phenoxy) is 1. The van der Waals surface area contributed by atoms with Crippen molar-refractivity contribution in [1.29, 1.82) is 0 Å². The molecule has 4 N–H and O–H groups in total. The van der Waals surface area contributed by atoms with E-state index < -0.39 is 17.8 Å². The number of carbonyl (C=O) groups is 1. The number of aliphatic hydroxyl groups is 1. The summed E-state index contributed by atoms with van der Waals surface area (Å²) in [4.78, 5) is 20.6. The fourth-order valence-corrected chi connectivity index (χ4v) is 3.93. The number of nitrogens with zero attached hydrogens (tertiary/aromatic N) is 2. The quantitative estimate of drug-likeness (QED) is 0.332. The molecule has 0 atom stereocenters. The molecule has 2 aromatic carbocycles. The Bertz CT molecular complexity index is 1200. The van der Waals surface area contributed by atoms with Gasteiger partial charge in [-0.25, -0.2) is 14.8 Å². The minimum absolute atomic E-state index is 0.0305. The summed E-state index contributed by atoms with van der Waals surface area (Å²) in [6.07, 6.45) is -0.124. The highest BCUT2D eigenvalue weighted by atomic mass is 19.4. The second-order valence-corrected chi connectivity index (χ2v) is 8.62. The van der Waals surface area contributed by atoms with Crippen molar-refractivity contribution in [3.63, 3.8) is 0 Å². The Morgan fingerprint density at radius 2 is 1.64 bits per heavy atom. The van der Waals surface area contributed by atoms with Crippen molar-refractivity contribution in [2.45, 2.75) is 50.9 Å². The van der Waals surface area contributed by atoms with Gasteiger partial charge in [0.05, 0.1) is 11.7 Å². The zero-order valence-corrected chi connectivity index (χ0v) is 19.5. The lowest BCUT2D eigenvalue weighted by Gasteiger charge is -2.26. The fraction of sp³-hybridized carbons (Fsp3) is 0.320. The van der Waals surface area contributed by atoms with Gasteiger partial charge in [-0.05, 0) is 74.6 Å². The number of halogens is 3. The van der Waals surface area contributed by atoms with Crippen LogP contribution in [0.3, 0.4) is 0 Å². The van der Waals surface area contributed by atoms with E-state index in [-0.39, 0.29) is 23.4 Å². The van der Waals surface area contributed by atoms with Crippen molar-refractivity contribution in [3.05, 3.63) is 66.0 Å². The van der Waals surface area contributed by atoms with Crippen molar-refractivity contribution < 1.29 is 27.8 Å². The summed E-state index contributed by atoms with van der Waals surface area (Å²) in [5.41, 5.74) is -0.276. The van der Waals surface area contributed by atoms with E-state index in [2.05, 4.69) is 25.9 Å². The van der Waals surface area contributed by atoms with Crippen LogP contribution in [-0.2, 0) is 6.18 Å². The van der Waals surface area contributed by atoms with Gasteiger partial charge in [0, 0.05) is 23.5 Å². The molecule has 0 bridgehead atoms. The van der Waals surface area contributed by atoms with Gasteiger partial charge in [0.25, 0.3) is 0 Å². The number of carbonyl (C=O) groups excluding carboxylic acids is 1. The molecule has 1 fully saturated rings. The molecule has 0 unspecified atom stereocenters. The zero-order valence-electron chi connectivity index (χ0n) is 19.5. The lowest BCUT2D eigenvalue weighted by atomic mass is 9.93. The van der Waals surface area contributed by atoms with Crippen molar-refractivity contribution in [1.82, 2.24) is 9.97 Å². The molecule has 1 aliphatic carbocycles. The van der Waals surface area contributed by atoms with Crippen molar-refractivity contribution in [3.8, 4) is 11.6 Å². The Hall–Kier alpha value is -3.86. The highest BCUT2D eigenvalue weighted by Gasteiger charge is 2.32. The van der Waals surface area contributed by atoms with Gasteiger partial charge in [-0.2, -0.15) is 13.2 Å². The van der Waals surface area contributed by atoms with E-state index in [1.807, 2.05) is 0 Å². The van der Waals surface area contributed by atoms with E-state index in [0.29, 0.717) is 23.1 Å². The number of urea groups is 1. The number of anilines is 3. The number of aromatic nitrogens is 2. The fourth-order valence-electron chi connectivity index (χ4n) is 3.93. The molecule has 1 heterocycles. The van der Waals surface area contributed by atoms with Gasteiger partial charge in [0.15, 0.2) is 0 Å². The molecule has 11 heteroatoms. The SMILES string of the molecule is Cc1ccc(NC(=O)Nc2ccc(Oc3cc(NC4CCC(O)CC4)ncn3)cc2)cc1C(F)(F)F. The molecule has 0 radical (unpaired) electrons. The summed E-state index contributed by atoms with van der Waals surface area (Å²) in [5, 5.41) is 18.0. The molecule has 1 aliphatic rings. The number of amides is 2. The summed E-state index contributed by atoms with van der Waals surface area (Å²) in [5.74, 6) is 1.43. The van der Waals surface area contributed by atoms with Crippen molar-refractivity contribution >= 4 is 23.2 Å². The summed E-state index contributed by atoms with van der Waals surface area (Å²) in [6.45, 7) is 1.36. The van der Waals surface area contributed by atoms with Gasteiger partial charge in [0.2, 0.25) is 5.88 Å². The first kappa shape index (κ1) is 25.2.